The van der Waals surface area contributed by atoms with Crippen LogP contribution in [0, 0.1) is 0 Å². The Bertz CT molecular complexity index is 178. The highest BCUT2D eigenvalue weighted by atomic mass is 31.1. The first kappa shape index (κ1) is 10.5. The summed E-state index contributed by atoms with van der Waals surface area (Å²) in [5, 5.41) is 0. The van der Waals surface area contributed by atoms with E-state index in [9.17, 15) is 4.57 Å². The Morgan fingerprint density at radius 1 is 0.643 bits per heavy atom. The van der Waals surface area contributed by atoms with Gasteiger partial charge in [0.05, 0.1) is 0 Å². The molecule has 0 aromatic carbocycles. The van der Waals surface area contributed by atoms with Gasteiger partial charge >= 0.3 is 0 Å². The van der Waals surface area contributed by atoms with Crippen molar-refractivity contribution < 1.29 is 4.57 Å². The van der Waals surface area contributed by atoms with Crippen LogP contribution in [0.2, 0.25) is 0 Å². The van der Waals surface area contributed by atoms with Gasteiger partial charge in [0.15, 0.2) is 0 Å². The van der Waals surface area contributed by atoms with Crippen LogP contribution < -0.4 is 0 Å². The van der Waals surface area contributed by atoms with Crippen LogP contribution in [-0.4, -0.2) is 35.5 Å². The van der Waals surface area contributed by atoms with Crippen molar-refractivity contribution in [3.63, 3.8) is 0 Å². The molecule has 14 heavy (non-hydrogen) atoms. The van der Waals surface area contributed by atoms with E-state index >= 15 is 0 Å². The Morgan fingerprint density at radius 2 is 1.00 bits per heavy atom. The van der Waals surface area contributed by atoms with Crippen LogP contribution in [0.4, 0.5) is 0 Å². The lowest BCUT2D eigenvalue weighted by molar-refractivity contribution is 0.291. The second-order valence-electron chi connectivity index (χ2n) is 4.28. The maximum absolute atomic E-state index is 12.2. The van der Waals surface area contributed by atoms with Gasteiger partial charge in [-0.1, -0.05) is 12.8 Å². The van der Waals surface area contributed by atoms with E-state index in [0.29, 0.717) is 0 Å². The maximum Gasteiger partial charge on any atom is 0.229 e. The third-order valence-corrected chi connectivity index (χ3v) is 4.92. The minimum atomic E-state index is -1.20. The van der Waals surface area contributed by atoms with Gasteiger partial charge in [-0.2, -0.15) is 0 Å². The standard InChI is InChI=1S/C10H20N2OP/c13-14(11-7-3-1-4-8-11)12-9-5-2-6-10-12/h1-10H2. The van der Waals surface area contributed by atoms with E-state index in [1.165, 1.54) is 38.5 Å². The molecular formula is C10H20N2OP. The normalized spacial score (nSPS) is 26.3. The minimum absolute atomic E-state index is 1.05. The number of hydrogen-bond donors (Lipinski definition) is 0. The first-order valence-electron chi connectivity index (χ1n) is 5.85. The molecule has 3 nitrogen and oxygen atoms in total. The summed E-state index contributed by atoms with van der Waals surface area (Å²) in [6, 6.07) is 0. The van der Waals surface area contributed by atoms with Crippen molar-refractivity contribution in [2.75, 3.05) is 26.2 Å². The fraction of sp³-hybridized carbons (Fsp3) is 1.00. The second-order valence-corrected chi connectivity index (χ2v) is 5.92. The first-order valence-corrected chi connectivity index (χ1v) is 7.01. The monoisotopic (exact) mass is 215 g/mol. The molecule has 2 saturated heterocycles. The predicted octanol–water partition coefficient (Wildman–Crippen LogP) is 2.62. The quantitative estimate of drug-likeness (QED) is 0.661. The lowest BCUT2D eigenvalue weighted by atomic mass is 10.2. The highest BCUT2D eigenvalue weighted by Crippen LogP contribution is 2.36. The molecule has 0 aromatic heterocycles. The van der Waals surface area contributed by atoms with Crippen molar-refractivity contribution in [3.8, 4) is 0 Å². The Morgan fingerprint density at radius 3 is 1.36 bits per heavy atom. The zero-order valence-corrected chi connectivity index (χ0v) is 9.72. The maximum atomic E-state index is 12.2. The highest BCUT2D eigenvalue weighted by Gasteiger charge is 2.24. The summed E-state index contributed by atoms with van der Waals surface area (Å²) in [7, 11) is -1.20. The predicted molar refractivity (Wildman–Crippen MR) is 58.5 cm³/mol. The molecule has 4 heteroatoms. The van der Waals surface area contributed by atoms with Crippen molar-refractivity contribution in [3.05, 3.63) is 0 Å². The van der Waals surface area contributed by atoms with Crippen LogP contribution in [0.15, 0.2) is 0 Å². The van der Waals surface area contributed by atoms with Crippen molar-refractivity contribution in [1.29, 1.82) is 0 Å². The summed E-state index contributed by atoms with van der Waals surface area (Å²) in [6.45, 7) is 4.19. The van der Waals surface area contributed by atoms with Crippen molar-refractivity contribution >= 4 is 8.10 Å². The minimum Gasteiger partial charge on any atom is -0.251 e. The molecule has 0 unspecified atom stereocenters. The van der Waals surface area contributed by atoms with Gasteiger partial charge < -0.3 is 0 Å². The largest absolute Gasteiger partial charge is 0.251 e. The molecule has 2 aliphatic rings. The molecule has 0 atom stereocenters. The molecule has 0 aromatic rings. The number of hydrogen-bond acceptors (Lipinski definition) is 1. The fourth-order valence-corrected chi connectivity index (χ4v) is 3.88. The molecule has 0 saturated carbocycles. The van der Waals surface area contributed by atoms with Crippen LogP contribution in [0.25, 0.3) is 0 Å². The zero-order valence-electron chi connectivity index (χ0n) is 8.82. The Balaban J connectivity index is 1.85. The van der Waals surface area contributed by atoms with E-state index < -0.39 is 8.10 Å². The van der Waals surface area contributed by atoms with Crippen LogP contribution in [0.1, 0.15) is 38.5 Å². The van der Waals surface area contributed by atoms with E-state index in [-0.39, 0.29) is 0 Å². The summed E-state index contributed by atoms with van der Waals surface area (Å²) in [5.41, 5.74) is 0. The summed E-state index contributed by atoms with van der Waals surface area (Å²) in [6.07, 6.45) is 7.56. The molecule has 0 bridgehead atoms. The van der Waals surface area contributed by atoms with Crippen LogP contribution >= 0.6 is 8.10 Å². The molecule has 2 aliphatic heterocycles. The van der Waals surface area contributed by atoms with Gasteiger partial charge in [0, 0.05) is 26.2 Å². The molecule has 81 valence electrons. The zero-order chi connectivity index (χ0) is 9.80. The highest BCUT2D eigenvalue weighted by molar-refractivity contribution is 7.39. The molecule has 2 heterocycles. The van der Waals surface area contributed by atoms with Crippen molar-refractivity contribution in [2.24, 2.45) is 0 Å². The van der Waals surface area contributed by atoms with Crippen LogP contribution in [0.5, 0.6) is 0 Å². The average molecular weight is 215 g/mol. The molecule has 1 radical (unpaired) electrons. The van der Waals surface area contributed by atoms with Crippen LogP contribution in [-0.2, 0) is 4.57 Å². The molecule has 0 amide bonds. The Labute approximate surface area is 87.3 Å². The van der Waals surface area contributed by atoms with Gasteiger partial charge in [-0.25, -0.2) is 9.34 Å². The number of rotatable bonds is 2. The first-order chi connectivity index (χ1) is 6.88. The third-order valence-electron chi connectivity index (χ3n) is 3.15. The Kier molecular flexibility index (Phi) is 3.91. The smallest absolute Gasteiger partial charge is 0.229 e. The van der Waals surface area contributed by atoms with Gasteiger partial charge in [-0.15, -0.1) is 0 Å². The lowest BCUT2D eigenvalue weighted by Crippen LogP contribution is -2.32. The molecule has 0 aliphatic carbocycles. The van der Waals surface area contributed by atoms with E-state index in [1.54, 1.807) is 0 Å². The van der Waals surface area contributed by atoms with E-state index in [4.69, 9.17) is 0 Å². The summed E-state index contributed by atoms with van der Waals surface area (Å²) >= 11 is 0. The number of piperidine rings is 2. The van der Waals surface area contributed by atoms with Gasteiger partial charge in [0.2, 0.25) is 8.10 Å². The molecule has 2 rings (SSSR count). The summed E-state index contributed by atoms with van der Waals surface area (Å²) in [5.74, 6) is 0. The van der Waals surface area contributed by atoms with Gasteiger partial charge in [-0.3, -0.25) is 4.57 Å². The average Bonchev–Trinajstić information content (AvgIpc) is 2.30. The summed E-state index contributed by atoms with van der Waals surface area (Å²) < 4.78 is 16.5. The van der Waals surface area contributed by atoms with Crippen LogP contribution in [0.3, 0.4) is 0 Å². The molecular weight excluding hydrogens is 195 g/mol. The lowest BCUT2D eigenvalue weighted by Gasteiger charge is -2.32. The third kappa shape index (κ3) is 2.53. The van der Waals surface area contributed by atoms with E-state index in [2.05, 4.69) is 9.34 Å². The fourth-order valence-electron chi connectivity index (χ4n) is 2.28. The molecule has 2 fully saturated rings. The topological polar surface area (TPSA) is 23.6 Å². The number of nitrogens with zero attached hydrogens (tertiary/aromatic N) is 2. The van der Waals surface area contributed by atoms with E-state index in [1.807, 2.05) is 0 Å². The van der Waals surface area contributed by atoms with Crippen molar-refractivity contribution in [1.82, 2.24) is 9.34 Å². The van der Waals surface area contributed by atoms with Crippen molar-refractivity contribution in [2.45, 2.75) is 38.5 Å². The van der Waals surface area contributed by atoms with Gasteiger partial charge in [0.1, 0.15) is 0 Å². The second kappa shape index (κ2) is 5.20. The SMILES string of the molecule is O=[P](N1CCCCC1)N1CCCCC1. The Hall–Kier alpha value is 0.0200. The summed E-state index contributed by atoms with van der Waals surface area (Å²) in [4.78, 5) is 0. The molecule has 0 spiro atoms. The van der Waals surface area contributed by atoms with Gasteiger partial charge in [0.25, 0.3) is 0 Å². The molecule has 0 N–H and O–H groups in total. The van der Waals surface area contributed by atoms with E-state index in [0.717, 1.165) is 26.2 Å². The van der Waals surface area contributed by atoms with Gasteiger partial charge in [-0.05, 0) is 25.7 Å².